The summed E-state index contributed by atoms with van der Waals surface area (Å²) in [5, 5.41) is 11.9. The highest BCUT2D eigenvalue weighted by Crippen LogP contribution is 2.29. The molecule has 1 N–H and O–H groups in total. The van der Waals surface area contributed by atoms with Crippen LogP contribution in [0.2, 0.25) is 0 Å². The van der Waals surface area contributed by atoms with Gasteiger partial charge in [-0.15, -0.1) is 0 Å². The largest absolute Gasteiger partial charge is 0.461 e. The maximum Gasteiger partial charge on any atom is 0.355 e. The standard InChI is InChI=1S/C16H15N3O5/c1-4-24-16(21)13-8(2)12-14(17-13)10-7-9(19(22)23)5-6-11(10)18(3)15(12)20/h5-7,17H,4H2,1-3H3. The second kappa shape index (κ2) is 5.48. The van der Waals surface area contributed by atoms with Gasteiger partial charge in [0.25, 0.3) is 11.2 Å². The molecule has 0 bridgehead atoms. The summed E-state index contributed by atoms with van der Waals surface area (Å²) in [5.74, 6) is -0.563. The van der Waals surface area contributed by atoms with Crippen molar-refractivity contribution in [3.05, 3.63) is 49.9 Å². The molecule has 0 saturated carbocycles. The Kier molecular flexibility index (Phi) is 3.59. The fraction of sp³-hybridized carbons (Fsp3) is 0.250. The number of nitro benzene ring substituents is 1. The minimum Gasteiger partial charge on any atom is -0.461 e. The van der Waals surface area contributed by atoms with Crippen LogP contribution in [0.1, 0.15) is 23.0 Å². The molecule has 1 aromatic carbocycles. The number of carbonyl (C=O) groups is 1. The summed E-state index contributed by atoms with van der Waals surface area (Å²) in [4.78, 5) is 38.2. The predicted molar refractivity (Wildman–Crippen MR) is 88.4 cm³/mol. The zero-order valence-corrected chi connectivity index (χ0v) is 13.4. The van der Waals surface area contributed by atoms with Crippen molar-refractivity contribution in [2.24, 2.45) is 7.05 Å². The summed E-state index contributed by atoms with van der Waals surface area (Å²) < 4.78 is 6.41. The summed E-state index contributed by atoms with van der Waals surface area (Å²) in [6.45, 7) is 3.54. The Labute approximate surface area is 135 Å². The van der Waals surface area contributed by atoms with E-state index in [9.17, 15) is 19.7 Å². The average molecular weight is 329 g/mol. The van der Waals surface area contributed by atoms with Crippen LogP contribution >= 0.6 is 0 Å². The number of H-pyrrole nitrogens is 1. The van der Waals surface area contributed by atoms with Gasteiger partial charge < -0.3 is 14.3 Å². The minimum absolute atomic E-state index is 0.0904. The number of rotatable bonds is 3. The number of nitrogens with zero attached hydrogens (tertiary/aromatic N) is 2. The van der Waals surface area contributed by atoms with Crippen LogP contribution in [0.3, 0.4) is 0 Å². The number of carbonyl (C=O) groups excluding carboxylic acids is 1. The molecule has 24 heavy (non-hydrogen) atoms. The number of nitro groups is 1. The van der Waals surface area contributed by atoms with Crippen LogP contribution in [0, 0.1) is 17.0 Å². The zero-order valence-electron chi connectivity index (χ0n) is 13.4. The molecular formula is C16H15N3O5. The van der Waals surface area contributed by atoms with Gasteiger partial charge in [-0.3, -0.25) is 14.9 Å². The molecule has 3 rings (SSSR count). The predicted octanol–water partition coefficient (Wildman–Crippen LogP) is 2.41. The van der Waals surface area contributed by atoms with E-state index < -0.39 is 10.9 Å². The zero-order chi connectivity index (χ0) is 17.6. The molecule has 0 unspecified atom stereocenters. The number of ether oxygens (including phenoxy) is 1. The molecule has 0 radical (unpaired) electrons. The first-order valence-electron chi connectivity index (χ1n) is 7.33. The molecule has 0 fully saturated rings. The third-order valence-electron chi connectivity index (χ3n) is 4.07. The van der Waals surface area contributed by atoms with Crippen LogP contribution in [-0.4, -0.2) is 27.1 Å². The van der Waals surface area contributed by atoms with Crippen molar-refractivity contribution in [3.63, 3.8) is 0 Å². The first-order valence-corrected chi connectivity index (χ1v) is 7.33. The topological polar surface area (TPSA) is 107 Å². The van der Waals surface area contributed by atoms with Gasteiger partial charge in [0.2, 0.25) is 0 Å². The van der Waals surface area contributed by atoms with Crippen molar-refractivity contribution >= 4 is 33.5 Å². The van der Waals surface area contributed by atoms with E-state index in [1.165, 1.54) is 22.8 Å². The Balaban J connectivity index is 2.47. The van der Waals surface area contributed by atoms with Gasteiger partial charge in [0.05, 0.1) is 27.9 Å². The molecule has 0 saturated heterocycles. The number of pyridine rings is 1. The second-order valence-corrected chi connectivity index (χ2v) is 5.42. The smallest absolute Gasteiger partial charge is 0.355 e. The van der Waals surface area contributed by atoms with Crippen LogP contribution in [-0.2, 0) is 11.8 Å². The van der Waals surface area contributed by atoms with E-state index in [2.05, 4.69) is 4.98 Å². The van der Waals surface area contributed by atoms with Crippen molar-refractivity contribution in [1.82, 2.24) is 9.55 Å². The normalized spacial score (nSPS) is 11.1. The molecule has 8 heteroatoms. The summed E-state index contributed by atoms with van der Waals surface area (Å²) in [6.07, 6.45) is 0. The summed E-state index contributed by atoms with van der Waals surface area (Å²) in [7, 11) is 1.59. The molecule has 3 aromatic rings. The lowest BCUT2D eigenvalue weighted by Gasteiger charge is -2.06. The SMILES string of the molecule is CCOC(=O)c1[nH]c2c(c1C)c(=O)n(C)c1ccc([N+](=O)[O-])cc21. The third-order valence-corrected chi connectivity index (χ3v) is 4.07. The van der Waals surface area contributed by atoms with E-state index >= 15 is 0 Å². The highest BCUT2D eigenvalue weighted by Gasteiger charge is 2.22. The number of fused-ring (bicyclic) bond motifs is 3. The number of nitrogens with one attached hydrogen (secondary N) is 1. The third kappa shape index (κ3) is 2.15. The monoisotopic (exact) mass is 329 g/mol. The van der Waals surface area contributed by atoms with Crippen molar-refractivity contribution < 1.29 is 14.5 Å². The molecule has 0 spiro atoms. The first kappa shape index (κ1) is 15.7. The fourth-order valence-corrected chi connectivity index (χ4v) is 2.88. The maximum atomic E-state index is 12.6. The molecule has 0 aliphatic rings. The Morgan fingerprint density at radius 2 is 2.12 bits per heavy atom. The maximum absolute atomic E-state index is 12.6. The molecule has 2 aromatic heterocycles. The quantitative estimate of drug-likeness (QED) is 0.451. The molecule has 2 heterocycles. The van der Waals surface area contributed by atoms with Gasteiger partial charge >= 0.3 is 5.97 Å². The lowest BCUT2D eigenvalue weighted by atomic mass is 10.1. The van der Waals surface area contributed by atoms with E-state index in [0.29, 0.717) is 27.4 Å². The number of hydrogen-bond donors (Lipinski definition) is 1. The van der Waals surface area contributed by atoms with Crippen molar-refractivity contribution in [2.45, 2.75) is 13.8 Å². The van der Waals surface area contributed by atoms with E-state index in [1.54, 1.807) is 20.9 Å². The lowest BCUT2D eigenvalue weighted by Crippen LogP contribution is -2.17. The Hall–Kier alpha value is -3.16. The van der Waals surface area contributed by atoms with Crippen molar-refractivity contribution in [1.29, 1.82) is 0 Å². The van der Waals surface area contributed by atoms with Gasteiger partial charge in [-0.05, 0) is 25.5 Å². The molecule has 0 amide bonds. The first-order chi connectivity index (χ1) is 11.4. The molecule has 8 nitrogen and oxygen atoms in total. The van der Waals surface area contributed by atoms with E-state index in [0.717, 1.165) is 0 Å². The Morgan fingerprint density at radius 1 is 1.42 bits per heavy atom. The van der Waals surface area contributed by atoms with Gasteiger partial charge in [-0.1, -0.05) is 0 Å². The summed E-state index contributed by atoms with van der Waals surface area (Å²) in [6, 6.07) is 4.26. The molecule has 0 atom stereocenters. The fourth-order valence-electron chi connectivity index (χ4n) is 2.88. The Bertz CT molecular complexity index is 1060. The van der Waals surface area contributed by atoms with Crippen LogP contribution in [0.4, 0.5) is 5.69 Å². The molecular weight excluding hydrogens is 314 g/mol. The van der Waals surface area contributed by atoms with Crippen LogP contribution < -0.4 is 5.56 Å². The van der Waals surface area contributed by atoms with Crippen molar-refractivity contribution in [2.75, 3.05) is 6.61 Å². The number of esters is 1. The Morgan fingerprint density at radius 3 is 2.75 bits per heavy atom. The van der Waals surface area contributed by atoms with Gasteiger partial charge in [0.15, 0.2) is 0 Å². The average Bonchev–Trinajstić information content (AvgIpc) is 2.90. The van der Waals surface area contributed by atoms with Crippen molar-refractivity contribution in [3.8, 4) is 0 Å². The van der Waals surface area contributed by atoms with Gasteiger partial charge in [-0.2, -0.15) is 0 Å². The minimum atomic E-state index is -0.563. The van der Waals surface area contributed by atoms with Gasteiger partial charge in [0.1, 0.15) is 5.69 Å². The number of hydrogen-bond acceptors (Lipinski definition) is 5. The number of aryl methyl sites for hydroxylation is 2. The van der Waals surface area contributed by atoms with E-state index in [4.69, 9.17) is 4.74 Å². The van der Waals surface area contributed by atoms with E-state index in [1.807, 2.05) is 0 Å². The number of aromatic nitrogens is 2. The lowest BCUT2D eigenvalue weighted by molar-refractivity contribution is -0.384. The van der Waals surface area contributed by atoms with E-state index in [-0.39, 0.29) is 23.5 Å². The number of non-ortho nitro benzene ring substituents is 1. The van der Waals surface area contributed by atoms with Crippen LogP contribution in [0.25, 0.3) is 21.8 Å². The second-order valence-electron chi connectivity index (χ2n) is 5.42. The summed E-state index contributed by atoms with van der Waals surface area (Å²) >= 11 is 0. The number of benzene rings is 1. The number of aromatic amines is 1. The highest BCUT2D eigenvalue weighted by atomic mass is 16.6. The molecule has 0 aliphatic heterocycles. The highest BCUT2D eigenvalue weighted by molar-refractivity contribution is 6.09. The molecule has 0 aliphatic carbocycles. The van der Waals surface area contributed by atoms with Gasteiger partial charge in [-0.25, -0.2) is 4.79 Å². The van der Waals surface area contributed by atoms with Crippen LogP contribution in [0.15, 0.2) is 23.0 Å². The van der Waals surface area contributed by atoms with Gasteiger partial charge in [0, 0.05) is 24.6 Å². The molecule has 124 valence electrons. The van der Waals surface area contributed by atoms with Crippen LogP contribution in [0.5, 0.6) is 0 Å². The summed E-state index contributed by atoms with van der Waals surface area (Å²) in [5.41, 5.74) is 1.22.